The minimum Gasteiger partial charge on any atom is -0.473 e. The highest BCUT2D eigenvalue weighted by Gasteiger charge is 2.33. The lowest BCUT2D eigenvalue weighted by Crippen LogP contribution is -2.47. The van der Waals surface area contributed by atoms with Crippen LogP contribution in [0.1, 0.15) is 36.9 Å². The Morgan fingerprint density at radius 1 is 1.06 bits per heavy atom. The monoisotopic (exact) mass is 490 g/mol. The number of rotatable bonds is 5. The number of anilines is 1. The molecule has 0 N–H and O–H groups in total. The topological polar surface area (TPSA) is 69.5 Å². The Labute approximate surface area is 197 Å². The molecule has 5 rings (SSSR count). The van der Waals surface area contributed by atoms with E-state index in [1.165, 1.54) is 24.6 Å². The highest BCUT2D eigenvalue weighted by Crippen LogP contribution is 2.33. The fourth-order valence-electron chi connectivity index (χ4n) is 4.51. The van der Waals surface area contributed by atoms with Crippen molar-refractivity contribution in [2.24, 2.45) is 0 Å². The first kappa shape index (κ1) is 23.1. The molecule has 2 aliphatic rings. The van der Waals surface area contributed by atoms with Gasteiger partial charge in [-0.2, -0.15) is 18.2 Å². The summed E-state index contributed by atoms with van der Waals surface area (Å²) >= 11 is 0. The molecule has 35 heavy (non-hydrogen) atoms. The smallest absolute Gasteiger partial charge is 0.433 e. The fraction of sp³-hybridized carbons (Fsp3) is 0.375. The molecule has 0 saturated carbocycles. The van der Waals surface area contributed by atoms with Gasteiger partial charge in [-0.3, -0.25) is 9.55 Å². The van der Waals surface area contributed by atoms with Crippen LogP contribution in [0.25, 0.3) is 0 Å². The maximum Gasteiger partial charge on any atom is 0.433 e. The summed E-state index contributed by atoms with van der Waals surface area (Å²) in [4.78, 5) is 22.0. The number of fused-ring (bicyclic) bond motifs is 3. The molecule has 1 atom stereocenters. The number of piperidine rings is 1. The van der Waals surface area contributed by atoms with Crippen molar-refractivity contribution in [3.8, 4) is 17.4 Å². The highest BCUT2D eigenvalue weighted by molar-refractivity contribution is 5.45. The zero-order valence-electron chi connectivity index (χ0n) is 18.6. The molecule has 7 nitrogen and oxygen atoms in total. The van der Waals surface area contributed by atoms with Crippen LogP contribution in [0.3, 0.4) is 0 Å². The molecule has 184 valence electrons. The molecule has 0 bridgehead atoms. The lowest BCUT2D eigenvalue weighted by atomic mass is 9.97. The minimum absolute atomic E-state index is 0.0516. The molecule has 0 amide bonds. The zero-order valence-corrected chi connectivity index (χ0v) is 18.6. The summed E-state index contributed by atoms with van der Waals surface area (Å²) in [5, 5.41) is 0. The van der Waals surface area contributed by atoms with Gasteiger partial charge in [0.15, 0.2) is 11.6 Å². The van der Waals surface area contributed by atoms with Crippen molar-refractivity contribution in [1.82, 2.24) is 14.5 Å². The van der Waals surface area contributed by atoms with Crippen molar-refractivity contribution in [2.45, 2.75) is 51.1 Å². The number of hydrogen-bond acceptors (Lipinski definition) is 6. The number of ether oxygens (including phenoxy) is 2. The second-order valence-corrected chi connectivity index (χ2v) is 8.55. The van der Waals surface area contributed by atoms with Gasteiger partial charge in [0.2, 0.25) is 5.88 Å². The van der Waals surface area contributed by atoms with Gasteiger partial charge in [0, 0.05) is 37.5 Å². The molecule has 1 unspecified atom stereocenters. The summed E-state index contributed by atoms with van der Waals surface area (Å²) in [6.07, 6.45) is 0.556. The van der Waals surface area contributed by atoms with E-state index in [0.717, 1.165) is 43.9 Å². The normalized spacial score (nSPS) is 17.5. The zero-order chi connectivity index (χ0) is 24.6. The Morgan fingerprint density at radius 2 is 1.91 bits per heavy atom. The third-order valence-electron chi connectivity index (χ3n) is 6.21. The molecule has 2 aliphatic heterocycles. The van der Waals surface area contributed by atoms with Gasteiger partial charge >= 0.3 is 11.9 Å². The van der Waals surface area contributed by atoms with Gasteiger partial charge < -0.3 is 14.4 Å². The van der Waals surface area contributed by atoms with Crippen LogP contribution in [-0.4, -0.2) is 27.1 Å². The molecule has 11 heteroatoms. The number of pyridine rings is 1. The molecule has 1 fully saturated rings. The van der Waals surface area contributed by atoms with Crippen molar-refractivity contribution < 1.29 is 27.0 Å². The SMILES string of the molecule is O=c1nc(OCc2ccc(Oc3ccnc(C(F)(F)F)c3)c(F)c2)cc2n1CCC1CCCCN21. The molecule has 0 spiro atoms. The molecule has 3 aromatic rings. The summed E-state index contributed by atoms with van der Waals surface area (Å²) in [5.41, 5.74) is -1.08. The number of nitrogens with zero attached hydrogens (tertiary/aromatic N) is 4. The average molecular weight is 490 g/mol. The van der Waals surface area contributed by atoms with E-state index >= 15 is 0 Å². The van der Waals surface area contributed by atoms with Crippen molar-refractivity contribution in [3.05, 3.63) is 70.2 Å². The Kier molecular flexibility index (Phi) is 6.08. The standard InChI is InChI=1S/C24H22F4N4O3/c25-18-11-15(4-5-19(18)35-17-6-8-29-20(12-17)24(26,27)28)14-34-21-13-22-31-9-2-1-3-16(31)7-10-32(22)23(33)30-21/h4-6,8,11-13,16H,1-3,7,9-10,14H2. The van der Waals surface area contributed by atoms with Gasteiger partial charge in [0.25, 0.3) is 0 Å². The summed E-state index contributed by atoms with van der Waals surface area (Å²) < 4.78 is 65.7. The third kappa shape index (κ3) is 4.94. The van der Waals surface area contributed by atoms with Gasteiger partial charge in [-0.1, -0.05) is 6.07 Å². The van der Waals surface area contributed by atoms with Crippen LogP contribution in [0.4, 0.5) is 23.4 Å². The molecule has 1 aromatic carbocycles. The largest absolute Gasteiger partial charge is 0.473 e. The molecule has 4 heterocycles. The second kappa shape index (κ2) is 9.20. The van der Waals surface area contributed by atoms with Gasteiger partial charge in [-0.25, -0.2) is 9.18 Å². The number of aromatic nitrogens is 3. The van der Waals surface area contributed by atoms with Crippen LogP contribution in [0.2, 0.25) is 0 Å². The van der Waals surface area contributed by atoms with Crippen LogP contribution in [0, 0.1) is 5.82 Å². The van der Waals surface area contributed by atoms with E-state index in [9.17, 15) is 22.4 Å². The second-order valence-electron chi connectivity index (χ2n) is 8.55. The lowest BCUT2D eigenvalue weighted by Gasteiger charge is -2.42. The van der Waals surface area contributed by atoms with E-state index in [1.807, 2.05) is 0 Å². The van der Waals surface area contributed by atoms with Crippen LogP contribution in [0.15, 0.2) is 47.4 Å². The number of hydrogen-bond donors (Lipinski definition) is 0. The Hall–Kier alpha value is -3.63. The average Bonchev–Trinajstić information content (AvgIpc) is 2.84. The predicted octanol–water partition coefficient (Wildman–Crippen LogP) is 4.93. The van der Waals surface area contributed by atoms with Crippen molar-refractivity contribution in [2.75, 3.05) is 11.4 Å². The van der Waals surface area contributed by atoms with Crippen LogP contribution in [0.5, 0.6) is 17.4 Å². The minimum atomic E-state index is -4.64. The number of alkyl halides is 3. The molecule has 1 saturated heterocycles. The van der Waals surface area contributed by atoms with Crippen molar-refractivity contribution >= 4 is 5.82 Å². The van der Waals surface area contributed by atoms with Crippen LogP contribution in [-0.2, 0) is 19.3 Å². The first-order chi connectivity index (χ1) is 16.8. The summed E-state index contributed by atoms with van der Waals surface area (Å²) in [6, 6.07) is 8.04. The molecular weight excluding hydrogens is 468 g/mol. The third-order valence-corrected chi connectivity index (χ3v) is 6.21. The van der Waals surface area contributed by atoms with Gasteiger partial charge in [-0.15, -0.1) is 0 Å². The number of benzene rings is 1. The Balaban J connectivity index is 1.29. The maximum absolute atomic E-state index is 14.6. The summed E-state index contributed by atoms with van der Waals surface area (Å²) in [7, 11) is 0. The first-order valence-electron chi connectivity index (χ1n) is 11.3. The fourth-order valence-corrected chi connectivity index (χ4v) is 4.51. The van der Waals surface area contributed by atoms with E-state index in [0.29, 0.717) is 24.2 Å². The van der Waals surface area contributed by atoms with Gasteiger partial charge in [-0.05, 0) is 49.4 Å². The Bertz CT molecular complexity index is 1290. The lowest BCUT2D eigenvalue weighted by molar-refractivity contribution is -0.141. The van der Waals surface area contributed by atoms with E-state index in [-0.39, 0.29) is 29.7 Å². The van der Waals surface area contributed by atoms with E-state index < -0.39 is 17.7 Å². The van der Waals surface area contributed by atoms with Gasteiger partial charge in [0.05, 0.1) is 0 Å². The van der Waals surface area contributed by atoms with E-state index in [2.05, 4.69) is 14.9 Å². The highest BCUT2D eigenvalue weighted by atomic mass is 19.4. The molecule has 0 radical (unpaired) electrons. The number of halogens is 4. The molecule has 2 aromatic heterocycles. The maximum atomic E-state index is 14.6. The van der Waals surface area contributed by atoms with E-state index in [4.69, 9.17) is 9.47 Å². The Morgan fingerprint density at radius 3 is 2.71 bits per heavy atom. The molecule has 0 aliphatic carbocycles. The van der Waals surface area contributed by atoms with Crippen LogP contribution >= 0.6 is 0 Å². The quantitative estimate of drug-likeness (QED) is 0.473. The van der Waals surface area contributed by atoms with Crippen LogP contribution < -0.4 is 20.1 Å². The van der Waals surface area contributed by atoms with E-state index in [1.54, 1.807) is 10.6 Å². The molecular formula is C24H22F4N4O3. The van der Waals surface area contributed by atoms with Crippen molar-refractivity contribution in [3.63, 3.8) is 0 Å². The first-order valence-corrected chi connectivity index (χ1v) is 11.3. The summed E-state index contributed by atoms with van der Waals surface area (Å²) in [6.45, 7) is 1.45. The summed E-state index contributed by atoms with van der Waals surface area (Å²) in [5.74, 6) is -0.253. The van der Waals surface area contributed by atoms with Gasteiger partial charge in [0.1, 0.15) is 23.9 Å². The predicted molar refractivity (Wildman–Crippen MR) is 118 cm³/mol. The van der Waals surface area contributed by atoms with Crippen molar-refractivity contribution in [1.29, 1.82) is 0 Å².